The molecule has 33 heavy (non-hydrogen) atoms. The third-order valence-electron chi connectivity index (χ3n) is 5.60. The van der Waals surface area contributed by atoms with E-state index in [-0.39, 0.29) is 23.8 Å². The van der Waals surface area contributed by atoms with Gasteiger partial charge in [-0.3, -0.25) is 9.67 Å². The smallest absolute Gasteiger partial charge is 0.349 e. The number of nitrogen functional groups attached to an aromatic ring is 1. The van der Waals surface area contributed by atoms with Crippen LogP contribution in [0.4, 0.5) is 5.82 Å². The van der Waals surface area contributed by atoms with Crippen molar-refractivity contribution in [3.63, 3.8) is 0 Å². The van der Waals surface area contributed by atoms with Crippen molar-refractivity contribution in [2.24, 2.45) is 7.05 Å². The van der Waals surface area contributed by atoms with Crippen molar-refractivity contribution in [1.82, 2.24) is 34.3 Å². The first-order valence-electron chi connectivity index (χ1n) is 10.1. The third-order valence-corrected chi connectivity index (χ3v) is 5.60. The number of nitriles is 1. The summed E-state index contributed by atoms with van der Waals surface area (Å²) in [4.78, 5) is 27.9. The minimum absolute atomic E-state index is 0.0801. The zero-order chi connectivity index (χ0) is 23.4. The Hall–Kier alpha value is -4.66. The number of anilines is 1. The van der Waals surface area contributed by atoms with Gasteiger partial charge in [0.1, 0.15) is 23.6 Å². The Kier molecular flexibility index (Phi) is 4.42. The predicted molar refractivity (Wildman–Crippen MR) is 117 cm³/mol. The van der Waals surface area contributed by atoms with Crippen LogP contribution in [0.25, 0.3) is 16.9 Å². The summed E-state index contributed by atoms with van der Waals surface area (Å²) in [6.07, 6.45) is -0.562. The Morgan fingerprint density at radius 3 is 2.79 bits per heavy atom. The van der Waals surface area contributed by atoms with Gasteiger partial charge in [0, 0.05) is 18.7 Å². The lowest BCUT2D eigenvalue weighted by Crippen LogP contribution is -2.28. The number of nitrogens with two attached hydrogens (primary N) is 1. The van der Waals surface area contributed by atoms with E-state index in [1.54, 1.807) is 26.1 Å². The molecule has 0 spiro atoms. The molecule has 0 amide bonds. The van der Waals surface area contributed by atoms with Gasteiger partial charge in [0.05, 0.1) is 23.5 Å². The van der Waals surface area contributed by atoms with Crippen LogP contribution in [0, 0.1) is 18.3 Å². The fourth-order valence-corrected chi connectivity index (χ4v) is 4.07. The lowest BCUT2D eigenvalue weighted by molar-refractivity contribution is 0.226. The molecule has 0 radical (unpaired) electrons. The Morgan fingerprint density at radius 2 is 2.03 bits per heavy atom. The molecular weight excluding hydrogens is 426 g/mol. The summed E-state index contributed by atoms with van der Waals surface area (Å²) in [5, 5.41) is 22.3. The zero-order valence-corrected chi connectivity index (χ0v) is 18.0. The van der Waals surface area contributed by atoms with Crippen LogP contribution in [0.3, 0.4) is 0 Å². The molecule has 1 atom stereocenters. The van der Waals surface area contributed by atoms with Crippen LogP contribution >= 0.6 is 0 Å². The van der Waals surface area contributed by atoms with Gasteiger partial charge < -0.3 is 10.5 Å². The number of rotatable bonds is 0. The highest BCUT2D eigenvalue weighted by Gasteiger charge is 2.26. The molecular formula is C21H19N9O3. The number of nitrogens with zero attached hydrogens (tertiary/aromatic N) is 7. The summed E-state index contributed by atoms with van der Waals surface area (Å²) < 4.78 is 10.0. The van der Waals surface area contributed by atoms with Crippen molar-refractivity contribution in [1.29, 1.82) is 5.26 Å². The monoisotopic (exact) mass is 445 g/mol. The third kappa shape index (κ3) is 3.09. The first-order chi connectivity index (χ1) is 15.8. The van der Waals surface area contributed by atoms with Gasteiger partial charge in [-0.25, -0.2) is 14.3 Å². The van der Waals surface area contributed by atoms with Gasteiger partial charge in [-0.15, -0.1) is 10.2 Å². The maximum atomic E-state index is 12.8. The van der Waals surface area contributed by atoms with E-state index in [9.17, 15) is 14.9 Å². The molecule has 1 aromatic carbocycles. The number of hydrogen-bond donors (Lipinski definition) is 2. The maximum absolute atomic E-state index is 12.8. The summed E-state index contributed by atoms with van der Waals surface area (Å²) in [5.41, 5.74) is 8.16. The summed E-state index contributed by atoms with van der Waals surface area (Å²) >= 11 is 0. The van der Waals surface area contributed by atoms with Gasteiger partial charge >= 0.3 is 11.4 Å². The second-order valence-electron chi connectivity index (χ2n) is 7.81. The van der Waals surface area contributed by atoms with E-state index in [0.29, 0.717) is 28.2 Å². The van der Waals surface area contributed by atoms with Gasteiger partial charge in [-0.2, -0.15) is 15.0 Å². The van der Waals surface area contributed by atoms with Gasteiger partial charge in [-0.1, -0.05) is 17.7 Å². The molecule has 1 aliphatic heterocycles. The van der Waals surface area contributed by atoms with E-state index >= 15 is 0 Å². The normalized spacial score (nSPS) is 14.7. The average Bonchev–Trinajstić information content (AvgIpc) is 3.23. The van der Waals surface area contributed by atoms with Crippen LogP contribution in [-0.4, -0.2) is 34.3 Å². The van der Waals surface area contributed by atoms with Crippen LogP contribution in [0.2, 0.25) is 0 Å². The first kappa shape index (κ1) is 20.3. The number of ether oxygens (including phenoxy) is 1. The fourth-order valence-electron chi connectivity index (χ4n) is 4.07. The molecule has 0 unspecified atom stereocenters. The largest absolute Gasteiger partial charge is 0.482 e. The predicted octanol–water partition coefficient (Wildman–Crippen LogP) is 0.782. The topological polar surface area (TPSA) is 162 Å². The first-order valence-corrected chi connectivity index (χ1v) is 10.1. The second kappa shape index (κ2) is 7.20. The van der Waals surface area contributed by atoms with Gasteiger partial charge in [0.15, 0.2) is 11.6 Å². The molecule has 12 nitrogen and oxygen atoms in total. The van der Waals surface area contributed by atoms with E-state index in [4.69, 9.17) is 10.5 Å². The number of aromatic amines is 1. The van der Waals surface area contributed by atoms with Crippen molar-refractivity contribution in [3.8, 4) is 28.8 Å². The molecule has 1 aliphatic rings. The summed E-state index contributed by atoms with van der Waals surface area (Å²) in [6.45, 7) is 3.63. The number of hydrogen-bond acceptors (Lipinski definition) is 8. The van der Waals surface area contributed by atoms with Gasteiger partial charge in [0.25, 0.3) is 0 Å². The van der Waals surface area contributed by atoms with Crippen molar-refractivity contribution < 1.29 is 4.74 Å². The maximum Gasteiger partial charge on any atom is 0.349 e. The molecule has 3 aromatic heterocycles. The minimum atomic E-state index is -0.614. The lowest BCUT2D eigenvalue weighted by atomic mass is 10.0. The molecule has 0 aliphatic carbocycles. The standard InChI is InChI=1S/C21H19N9O3/c1-10-4-5-15-12(6-10)11(2)33-17-7-13(25-26-19(17)23)18-14(27-28(3)16(18)8-22)9-29-20(31)24-21(32)30(15)29/h4-7,11H,9H2,1-3H3,(H2,23,26)(H,24,31,32)/t11-/m1/s1. The van der Waals surface area contributed by atoms with Crippen LogP contribution in [0.1, 0.15) is 35.5 Å². The Labute approximate surface area is 186 Å². The van der Waals surface area contributed by atoms with Crippen LogP contribution in [0.5, 0.6) is 5.75 Å². The minimum Gasteiger partial charge on any atom is -0.482 e. The fraction of sp³-hybridized carbons (Fsp3) is 0.238. The highest BCUT2D eigenvalue weighted by molar-refractivity contribution is 5.70. The van der Waals surface area contributed by atoms with E-state index in [1.165, 1.54) is 14.0 Å². The molecule has 0 fully saturated rings. The molecule has 12 heteroatoms. The highest BCUT2D eigenvalue weighted by Crippen LogP contribution is 2.34. The molecule has 4 heterocycles. The number of aromatic nitrogens is 7. The Bertz CT molecular complexity index is 1580. The number of nitrogens with one attached hydrogen (secondary N) is 1. The number of fused-ring (bicyclic) bond motifs is 7. The molecule has 166 valence electrons. The molecule has 0 saturated carbocycles. The number of H-pyrrole nitrogens is 1. The van der Waals surface area contributed by atoms with E-state index in [0.717, 1.165) is 5.56 Å². The molecule has 5 rings (SSSR count). The van der Waals surface area contributed by atoms with Gasteiger partial charge in [0.2, 0.25) is 0 Å². The highest BCUT2D eigenvalue weighted by atomic mass is 16.5. The van der Waals surface area contributed by atoms with E-state index in [2.05, 4.69) is 26.3 Å². The Balaban J connectivity index is 1.90. The van der Waals surface area contributed by atoms with Crippen LogP contribution in [-0.2, 0) is 13.6 Å². The molecule has 3 N–H and O–H groups in total. The molecule has 0 saturated heterocycles. The quantitative estimate of drug-likeness (QED) is 0.401. The van der Waals surface area contributed by atoms with E-state index in [1.807, 2.05) is 19.1 Å². The van der Waals surface area contributed by atoms with Crippen molar-refractivity contribution in [3.05, 3.63) is 67.7 Å². The molecule has 2 bridgehead atoms. The summed E-state index contributed by atoms with van der Waals surface area (Å²) in [6, 6.07) is 9.18. The SMILES string of the molecule is Cc1ccc2c(c1)[C@@H](C)Oc1cc(nnc1N)-c1c(nn(C)c1C#N)Cn1c(=O)[nH]c(=O)n1-2. The van der Waals surface area contributed by atoms with Crippen molar-refractivity contribution in [2.45, 2.75) is 26.5 Å². The molecule has 4 aromatic rings. The van der Waals surface area contributed by atoms with Crippen molar-refractivity contribution in [2.75, 3.05) is 5.73 Å². The van der Waals surface area contributed by atoms with Crippen LogP contribution < -0.4 is 21.9 Å². The van der Waals surface area contributed by atoms with Crippen molar-refractivity contribution >= 4 is 5.82 Å². The van der Waals surface area contributed by atoms with Crippen LogP contribution in [0.15, 0.2) is 33.9 Å². The average molecular weight is 445 g/mol. The number of benzene rings is 1. The second-order valence-corrected chi connectivity index (χ2v) is 7.81. The summed E-state index contributed by atoms with van der Waals surface area (Å²) in [7, 11) is 1.61. The van der Waals surface area contributed by atoms with E-state index < -0.39 is 17.5 Å². The Morgan fingerprint density at radius 1 is 1.24 bits per heavy atom. The lowest BCUT2D eigenvalue weighted by Gasteiger charge is -2.21. The number of aryl methyl sites for hydroxylation is 2. The van der Waals surface area contributed by atoms with Gasteiger partial charge in [-0.05, 0) is 19.9 Å². The summed E-state index contributed by atoms with van der Waals surface area (Å²) in [5.74, 6) is 0.356. The zero-order valence-electron chi connectivity index (χ0n) is 18.0.